The van der Waals surface area contributed by atoms with Gasteiger partial charge in [0.25, 0.3) is 0 Å². The van der Waals surface area contributed by atoms with Crippen LogP contribution in [0.2, 0.25) is 0 Å². The molecule has 0 saturated heterocycles. The fourth-order valence-electron chi connectivity index (χ4n) is 8.65. The number of hydrogen-bond acceptors (Lipinski definition) is 0. The third-order valence-electron chi connectivity index (χ3n) is 11.3. The Hall–Kier alpha value is -1.74. The third kappa shape index (κ3) is 6.56. The van der Waals surface area contributed by atoms with Gasteiger partial charge in [0.2, 0.25) is 0 Å². The van der Waals surface area contributed by atoms with Crippen LogP contribution in [0, 0.1) is 6.92 Å². The second-order valence-corrected chi connectivity index (χ2v) is 20.0. The lowest BCUT2D eigenvalue weighted by Crippen LogP contribution is -2.23. The zero-order valence-electron chi connectivity index (χ0n) is 28.2. The van der Waals surface area contributed by atoms with Gasteiger partial charge in [-0.15, -0.1) is 0 Å². The molecule has 0 amide bonds. The van der Waals surface area contributed by atoms with Crippen molar-refractivity contribution < 1.29 is 0 Å². The van der Waals surface area contributed by atoms with Gasteiger partial charge in [-0.3, -0.25) is 0 Å². The maximum atomic E-state index is 2.59. The SMILES string of the molecule is CCC(C)P(c1c(C)cc2ccccc2c1-c1c(CP(C2CCCCC2)C2CCCCC2)ccc2ccccc12)C(C)CC. The highest BCUT2D eigenvalue weighted by molar-refractivity contribution is 7.67. The molecule has 4 aromatic carbocycles. The highest BCUT2D eigenvalue weighted by atomic mass is 31.1. The van der Waals surface area contributed by atoms with Gasteiger partial charge in [-0.1, -0.05) is 149 Å². The molecule has 2 aliphatic carbocycles. The van der Waals surface area contributed by atoms with Crippen LogP contribution in [-0.2, 0) is 6.16 Å². The number of rotatable bonds is 10. The van der Waals surface area contributed by atoms with Crippen LogP contribution in [0.15, 0.2) is 66.7 Å². The van der Waals surface area contributed by atoms with E-state index < -0.39 is 0 Å². The Bertz CT molecular complexity index is 1510. The number of hydrogen-bond donors (Lipinski definition) is 0. The minimum atomic E-state index is -0.324. The molecule has 2 fully saturated rings. The molecule has 2 unspecified atom stereocenters. The van der Waals surface area contributed by atoms with Crippen molar-refractivity contribution in [1.82, 2.24) is 0 Å². The number of fused-ring (bicyclic) bond motifs is 2. The second-order valence-electron chi connectivity index (χ2n) is 14.1. The predicted molar refractivity (Wildman–Crippen MR) is 202 cm³/mol. The van der Waals surface area contributed by atoms with Crippen LogP contribution in [0.25, 0.3) is 32.7 Å². The molecule has 0 bridgehead atoms. The Balaban J connectivity index is 1.63. The molecule has 0 N–H and O–H groups in total. The van der Waals surface area contributed by atoms with E-state index in [1.807, 2.05) is 0 Å². The quantitative estimate of drug-likeness (QED) is 0.154. The fourth-order valence-corrected chi connectivity index (χ4v) is 16.0. The lowest BCUT2D eigenvalue weighted by molar-refractivity contribution is 0.484. The summed E-state index contributed by atoms with van der Waals surface area (Å²) in [6.45, 7) is 12.4. The summed E-state index contributed by atoms with van der Waals surface area (Å²) in [5.74, 6) is 0. The van der Waals surface area contributed by atoms with E-state index in [2.05, 4.69) is 101 Å². The van der Waals surface area contributed by atoms with Gasteiger partial charge in [0.05, 0.1) is 0 Å². The van der Waals surface area contributed by atoms with Crippen LogP contribution >= 0.6 is 15.8 Å². The summed E-state index contributed by atoms with van der Waals surface area (Å²) in [5, 5.41) is 7.48. The molecule has 0 nitrogen and oxygen atoms in total. The molecule has 6 rings (SSSR count). The van der Waals surface area contributed by atoms with E-state index in [4.69, 9.17) is 0 Å². The summed E-state index contributed by atoms with van der Waals surface area (Å²) >= 11 is 0. The van der Waals surface area contributed by atoms with Crippen molar-refractivity contribution in [2.45, 2.75) is 140 Å². The summed E-state index contributed by atoms with van der Waals surface area (Å²) < 4.78 is 0. The molecular formula is C42H56P2. The normalized spacial score (nSPS) is 19.0. The summed E-state index contributed by atoms with van der Waals surface area (Å²) in [5.41, 5.74) is 9.71. The van der Waals surface area contributed by atoms with E-state index in [-0.39, 0.29) is 15.8 Å². The molecule has 0 spiro atoms. The molecule has 234 valence electrons. The fraction of sp³-hybridized carbons (Fsp3) is 0.524. The monoisotopic (exact) mass is 622 g/mol. The average Bonchev–Trinajstić information content (AvgIpc) is 3.08. The van der Waals surface area contributed by atoms with Crippen molar-refractivity contribution in [3.63, 3.8) is 0 Å². The molecule has 2 heteroatoms. The summed E-state index contributed by atoms with van der Waals surface area (Å²) in [6.07, 6.45) is 18.5. The van der Waals surface area contributed by atoms with E-state index in [1.54, 1.807) is 22.0 Å². The first-order valence-electron chi connectivity index (χ1n) is 18.1. The molecule has 4 aromatic rings. The Morgan fingerprint density at radius 3 is 1.73 bits per heavy atom. The zero-order chi connectivity index (χ0) is 30.6. The Kier molecular flexibility index (Phi) is 10.8. The van der Waals surface area contributed by atoms with E-state index in [0.717, 1.165) is 11.3 Å². The van der Waals surface area contributed by atoms with Gasteiger partial charge in [0, 0.05) is 0 Å². The second kappa shape index (κ2) is 14.8. The van der Waals surface area contributed by atoms with Crippen molar-refractivity contribution in [3.05, 3.63) is 77.9 Å². The smallest absolute Gasteiger partial charge is 0.00164 e. The molecular weight excluding hydrogens is 566 g/mol. The largest absolute Gasteiger partial charge is 0.0958 e. The Labute approximate surface area is 271 Å². The molecule has 2 atom stereocenters. The lowest BCUT2D eigenvalue weighted by Gasteiger charge is -2.39. The maximum Gasteiger partial charge on any atom is -0.00164 e. The van der Waals surface area contributed by atoms with Crippen molar-refractivity contribution in [2.24, 2.45) is 0 Å². The molecule has 0 aliphatic heterocycles. The van der Waals surface area contributed by atoms with Crippen molar-refractivity contribution in [2.75, 3.05) is 0 Å². The maximum absolute atomic E-state index is 2.59. The van der Waals surface area contributed by atoms with E-state index >= 15 is 0 Å². The van der Waals surface area contributed by atoms with E-state index in [9.17, 15) is 0 Å². The van der Waals surface area contributed by atoms with Gasteiger partial charge >= 0.3 is 0 Å². The van der Waals surface area contributed by atoms with Gasteiger partial charge in [-0.05, 0) is 123 Å². The minimum absolute atomic E-state index is 0.0368. The van der Waals surface area contributed by atoms with Crippen LogP contribution in [-0.4, -0.2) is 22.6 Å². The van der Waals surface area contributed by atoms with Crippen molar-refractivity contribution in [3.8, 4) is 11.1 Å². The van der Waals surface area contributed by atoms with Gasteiger partial charge < -0.3 is 0 Å². The summed E-state index contributed by atoms with van der Waals surface area (Å²) in [7, 11) is -0.361. The van der Waals surface area contributed by atoms with Crippen molar-refractivity contribution in [1.29, 1.82) is 0 Å². The van der Waals surface area contributed by atoms with Gasteiger partial charge in [-0.25, -0.2) is 0 Å². The first-order chi connectivity index (χ1) is 21.5. The summed E-state index contributed by atoms with van der Waals surface area (Å²) in [4.78, 5) is 0. The number of aryl methyl sites for hydroxylation is 1. The third-order valence-corrected chi connectivity index (χ3v) is 18.6. The molecule has 2 aliphatic rings. The standard InChI is InChI=1S/C42H56P2/c1-6-31(4)44(32(5)7-2)42-30(3)28-34-19-15-17-25-39(34)41(42)40-35(27-26-33-18-14-16-24-38(33)40)29-43(36-20-10-8-11-21-36)37-22-12-9-13-23-37/h14-19,24-28,31-32,36-37H,6-13,20-23,29H2,1-5H3. The van der Waals surface area contributed by atoms with Crippen LogP contribution in [0.1, 0.15) is 116 Å². The number of benzene rings is 4. The highest BCUT2D eigenvalue weighted by Gasteiger charge is 2.34. The van der Waals surface area contributed by atoms with Crippen LogP contribution in [0.5, 0.6) is 0 Å². The Morgan fingerprint density at radius 2 is 1.16 bits per heavy atom. The van der Waals surface area contributed by atoms with Crippen LogP contribution < -0.4 is 5.30 Å². The zero-order valence-corrected chi connectivity index (χ0v) is 30.0. The molecule has 44 heavy (non-hydrogen) atoms. The van der Waals surface area contributed by atoms with Crippen LogP contribution in [0.3, 0.4) is 0 Å². The minimum Gasteiger partial charge on any atom is -0.0958 e. The van der Waals surface area contributed by atoms with E-state index in [0.29, 0.717) is 11.3 Å². The first-order valence-corrected chi connectivity index (χ1v) is 21.2. The Morgan fingerprint density at radius 1 is 0.636 bits per heavy atom. The van der Waals surface area contributed by atoms with Gasteiger partial charge in [-0.2, -0.15) is 0 Å². The molecule has 2 saturated carbocycles. The topological polar surface area (TPSA) is 0 Å². The van der Waals surface area contributed by atoms with E-state index in [1.165, 1.54) is 110 Å². The highest BCUT2D eigenvalue weighted by Crippen LogP contribution is 2.59. The van der Waals surface area contributed by atoms with Crippen molar-refractivity contribution >= 4 is 42.7 Å². The average molecular weight is 623 g/mol. The lowest BCUT2D eigenvalue weighted by atomic mass is 9.89. The molecule has 0 heterocycles. The predicted octanol–water partition coefficient (Wildman–Crippen LogP) is 13.3. The van der Waals surface area contributed by atoms with Crippen LogP contribution in [0.4, 0.5) is 0 Å². The van der Waals surface area contributed by atoms with Gasteiger partial charge in [0.1, 0.15) is 0 Å². The summed E-state index contributed by atoms with van der Waals surface area (Å²) in [6, 6.07) is 26.3. The van der Waals surface area contributed by atoms with Gasteiger partial charge in [0.15, 0.2) is 0 Å². The molecule has 0 radical (unpaired) electrons. The molecule has 0 aromatic heterocycles. The first kappa shape index (κ1) is 32.2.